The van der Waals surface area contributed by atoms with Gasteiger partial charge in [-0.2, -0.15) is 0 Å². The average Bonchev–Trinajstić information content (AvgIpc) is 2.35. The fraction of sp³-hybridized carbons (Fsp3) is 0.500. The topological polar surface area (TPSA) is 95.9 Å². The normalized spacial score (nSPS) is 14.0. The Labute approximate surface area is 130 Å². The summed E-state index contributed by atoms with van der Waals surface area (Å²) in [5.74, 6) is -0.978. The molecule has 1 unspecified atom stereocenters. The Bertz CT molecular complexity index is 532. The van der Waals surface area contributed by atoms with E-state index in [0.717, 1.165) is 5.56 Å². The third kappa shape index (κ3) is 5.63. The van der Waals surface area contributed by atoms with Gasteiger partial charge in [-0.1, -0.05) is 12.1 Å². The number of hydrogen-bond acceptors (Lipinski definition) is 4. The van der Waals surface area contributed by atoms with Crippen LogP contribution in [-0.4, -0.2) is 33.4 Å². The third-order valence-corrected chi connectivity index (χ3v) is 3.10. The van der Waals surface area contributed by atoms with Crippen molar-refractivity contribution in [3.63, 3.8) is 0 Å². The fourth-order valence-corrected chi connectivity index (χ4v) is 1.81. The lowest BCUT2D eigenvalue weighted by Gasteiger charge is -2.28. The molecule has 6 heteroatoms. The molecule has 1 rings (SSSR count). The molecule has 0 aliphatic heterocycles. The first kappa shape index (κ1) is 17.8. The second-order valence-electron chi connectivity index (χ2n) is 6.43. The fourth-order valence-electron chi connectivity index (χ4n) is 1.81. The molecule has 22 heavy (non-hydrogen) atoms. The number of nitrogens with one attached hydrogen (secondary N) is 1. The molecule has 0 aliphatic carbocycles. The minimum atomic E-state index is -1.43. The molecule has 0 aromatic heterocycles. The minimum Gasteiger partial charge on any atom is -0.508 e. The highest BCUT2D eigenvalue weighted by atomic mass is 16.6. The molecule has 0 fully saturated rings. The number of ether oxygens (including phenoxy) is 1. The monoisotopic (exact) mass is 309 g/mol. The summed E-state index contributed by atoms with van der Waals surface area (Å²) < 4.78 is 5.10. The Balaban J connectivity index is 2.72. The summed E-state index contributed by atoms with van der Waals surface area (Å²) in [6.45, 7) is 6.57. The maximum Gasteiger partial charge on any atom is 0.408 e. The van der Waals surface area contributed by atoms with Gasteiger partial charge in [0, 0.05) is 0 Å². The molecule has 1 amide bonds. The van der Waals surface area contributed by atoms with Crippen molar-refractivity contribution in [2.45, 2.75) is 51.7 Å². The standard InChI is InChI=1S/C16H23NO5/c1-15(2,3)22-14(21)17-16(4,13(19)20)10-9-11-5-7-12(18)8-6-11/h5-8,18H,9-10H2,1-4H3,(H,17,21)(H,19,20). The summed E-state index contributed by atoms with van der Waals surface area (Å²) in [6.07, 6.45) is -0.117. The number of rotatable bonds is 5. The van der Waals surface area contributed by atoms with Gasteiger partial charge in [0.15, 0.2) is 0 Å². The minimum absolute atomic E-state index is 0.150. The van der Waals surface area contributed by atoms with Crippen LogP contribution in [0.15, 0.2) is 24.3 Å². The van der Waals surface area contributed by atoms with Gasteiger partial charge >= 0.3 is 12.1 Å². The lowest BCUT2D eigenvalue weighted by atomic mass is 9.93. The van der Waals surface area contributed by atoms with Crippen molar-refractivity contribution in [2.75, 3.05) is 0 Å². The average molecular weight is 309 g/mol. The molecular formula is C16H23NO5. The first-order valence-electron chi connectivity index (χ1n) is 7.04. The Morgan fingerprint density at radius 2 is 1.68 bits per heavy atom. The first-order valence-corrected chi connectivity index (χ1v) is 7.04. The van der Waals surface area contributed by atoms with E-state index in [1.165, 1.54) is 19.1 Å². The van der Waals surface area contributed by atoms with E-state index in [9.17, 15) is 19.8 Å². The van der Waals surface area contributed by atoms with E-state index in [1.807, 2.05) is 0 Å². The van der Waals surface area contributed by atoms with Crippen LogP contribution < -0.4 is 5.32 Å². The zero-order chi connectivity index (χ0) is 17.0. The first-order chi connectivity index (χ1) is 10.0. The number of amides is 1. The van der Waals surface area contributed by atoms with E-state index in [-0.39, 0.29) is 12.2 Å². The van der Waals surface area contributed by atoms with Crippen molar-refractivity contribution in [2.24, 2.45) is 0 Å². The van der Waals surface area contributed by atoms with Crippen molar-refractivity contribution in [3.05, 3.63) is 29.8 Å². The predicted molar refractivity (Wildman–Crippen MR) is 81.8 cm³/mol. The summed E-state index contributed by atoms with van der Waals surface area (Å²) in [7, 11) is 0. The van der Waals surface area contributed by atoms with Crippen molar-refractivity contribution >= 4 is 12.1 Å². The van der Waals surface area contributed by atoms with Gasteiger partial charge in [0.1, 0.15) is 16.9 Å². The molecule has 0 heterocycles. The molecular weight excluding hydrogens is 286 g/mol. The number of alkyl carbamates (subject to hydrolysis) is 1. The van der Waals surface area contributed by atoms with E-state index in [1.54, 1.807) is 32.9 Å². The van der Waals surface area contributed by atoms with Crippen LogP contribution in [0.5, 0.6) is 5.75 Å². The van der Waals surface area contributed by atoms with Gasteiger partial charge in [-0.25, -0.2) is 9.59 Å². The van der Waals surface area contributed by atoms with Gasteiger partial charge in [0.05, 0.1) is 0 Å². The van der Waals surface area contributed by atoms with Gasteiger partial charge in [0.25, 0.3) is 0 Å². The van der Waals surface area contributed by atoms with Crippen LogP contribution in [0.1, 0.15) is 39.7 Å². The van der Waals surface area contributed by atoms with E-state index < -0.39 is 23.2 Å². The summed E-state index contributed by atoms with van der Waals surface area (Å²) in [6, 6.07) is 6.50. The molecule has 0 spiro atoms. The lowest BCUT2D eigenvalue weighted by Crippen LogP contribution is -2.53. The smallest absolute Gasteiger partial charge is 0.408 e. The van der Waals surface area contributed by atoms with Crippen LogP contribution in [0.4, 0.5) is 4.79 Å². The molecule has 1 aromatic carbocycles. The molecule has 0 saturated carbocycles. The zero-order valence-electron chi connectivity index (χ0n) is 13.3. The largest absolute Gasteiger partial charge is 0.508 e. The summed E-state index contributed by atoms with van der Waals surface area (Å²) >= 11 is 0. The summed E-state index contributed by atoms with van der Waals surface area (Å²) in [5.41, 5.74) is -1.25. The number of aliphatic carboxylic acids is 1. The molecule has 3 N–H and O–H groups in total. The summed E-state index contributed by atoms with van der Waals surface area (Å²) in [5, 5.41) is 21.0. The molecule has 122 valence electrons. The number of benzene rings is 1. The van der Waals surface area contributed by atoms with Crippen molar-refractivity contribution in [3.8, 4) is 5.75 Å². The molecule has 6 nitrogen and oxygen atoms in total. The Kier molecular flexibility index (Phi) is 5.41. The quantitative estimate of drug-likeness (QED) is 0.777. The van der Waals surface area contributed by atoms with Crippen LogP contribution in [0.25, 0.3) is 0 Å². The number of aromatic hydroxyl groups is 1. The van der Waals surface area contributed by atoms with Crippen LogP contribution in [0.2, 0.25) is 0 Å². The Morgan fingerprint density at radius 1 is 1.14 bits per heavy atom. The number of phenolic OH excluding ortho intramolecular Hbond substituents is 1. The molecule has 0 aliphatic rings. The predicted octanol–water partition coefficient (Wildman–Crippen LogP) is 2.69. The van der Waals surface area contributed by atoms with Crippen LogP contribution >= 0.6 is 0 Å². The number of phenols is 1. The zero-order valence-corrected chi connectivity index (χ0v) is 13.3. The van der Waals surface area contributed by atoms with Crippen LogP contribution in [0, 0.1) is 0 Å². The number of hydrogen-bond donors (Lipinski definition) is 3. The SMILES string of the molecule is CC(C)(C)OC(=O)NC(C)(CCc1ccc(O)cc1)C(=O)O. The molecule has 0 saturated heterocycles. The molecule has 1 atom stereocenters. The van der Waals surface area contributed by atoms with Gasteiger partial charge in [-0.3, -0.25) is 0 Å². The molecule has 1 aromatic rings. The van der Waals surface area contributed by atoms with Gasteiger partial charge in [-0.05, 0) is 58.2 Å². The van der Waals surface area contributed by atoms with E-state index in [2.05, 4.69) is 5.32 Å². The van der Waals surface area contributed by atoms with Gasteiger partial charge in [-0.15, -0.1) is 0 Å². The highest BCUT2D eigenvalue weighted by Crippen LogP contribution is 2.18. The lowest BCUT2D eigenvalue weighted by molar-refractivity contribution is -0.144. The van der Waals surface area contributed by atoms with E-state index in [4.69, 9.17) is 4.74 Å². The second-order valence-corrected chi connectivity index (χ2v) is 6.43. The van der Waals surface area contributed by atoms with Crippen LogP contribution in [-0.2, 0) is 16.0 Å². The Hall–Kier alpha value is -2.24. The van der Waals surface area contributed by atoms with Gasteiger partial charge in [0.2, 0.25) is 0 Å². The molecule has 0 bridgehead atoms. The summed E-state index contributed by atoms with van der Waals surface area (Å²) in [4.78, 5) is 23.3. The Morgan fingerprint density at radius 3 is 2.14 bits per heavy atom. The maximum absolute atomic E-state index is 11.8. The highest BCUT2D eigenvalue weighted by molar-refractivity contribution is 5.84. The molecule has 0 radical (unpaired) electrons. The highest BCUT2D eigenvalue weighted by Gasteiger charge is 2.36. The number of carboxylic acids is 1. The van der Waals surface area contributed by atoms with Crippen molar-refractivity contribution in [1.29, 1.82) is 0 Å². The van der Waals surface area contributed by atoms with E-state index >= 15 is 0 Å². The second kappa shape index (κ2) is 6.68. The number of carbonyl (C=O) groups is 2. The number of carboxylic acid groups (broad SMARTS) is 1. The van der Waals surface area contributed by atoms with Gasteiger partial charge < -0.3 is 20.3 Å². The third-order valence-electron chi connectivity index (χ3n) is 3.10. The van der Waals surface area contributed by atoms with Crippen molar-refractivity contribution in [1.82, 2.24) is 5.32 Å². The number of carbonyl (C=O) groups excluding carboxylic acids is 1. The number of aryl methyl sites for hydroxylation is 1. The van der Waals surface area contributed by atoms with Crippen molar-refractivity contribution < 1.29 is 24.5 Å². The maximum atomic E-state index is 11.8. The van der Waals surface area contributed by atoms with Crippen LogP contribution in [0.3, 0.4) is 0 Å². The van der Waals surface area contributed by atoms with E-state index in [0.29, 0.717) is 6.42 Å².